The van der Waals surface area contributed by atoms with E-state index in [9.17, 15) is 0 Å². The Morgan fingerprint density at radius 2 is 1.63 bits per heavy atom. The molecule has 0 spiro atoms. The van der Waals surface area contributed by atoms with Crippen LogP contribution in [0.2, 0.25) is 0 Å². The number of nitrogens with zero attached hydrogens (tertiary/aromatic N) is 2. The lowest BCUT2D eigenvalue weighted by Gasteiger charge is -2.08. The van der Waals surface area contributed by atoms with Crippen molar-refractivity contribution < 1.29 is 4.74 Å². The van der Waals surface area contributed by atoms with Crippen LogP contribution in [0, 0.1) is 0 Å². The number of fused-ring (bicyclic) bond motifs is 1. The number of halogens is 1. The molecule has 0 fully saturated rings. The van der Waals surface area contributed by atoms with Gasteiger partial charge in [-0.2, -0.15) is 0 Å². The molecule has 0 unspecified atom stereocenters. The van der Waals surface area contributed by atoms with Crippen LogP contribution in [0.1, 0.15) is 0 Å². The zero-order chi connectivity index (χ0) is 13.2. The van der Waals surface area contributed by atoms with Crippen molar-refractivity contribution in [3.8, 4) is 11.8 Å². The normalized spacial score (nSPS) is 10.6. The van der Waals surface area contributed by atoms with E-state index in [1.54, 1.807) is 12.4 Å². The summed E-state index contributed by atoms with van der Waals surface area (Å²) in [5, 5.41) is 1.89. The molecule has 2 aromatic carbocycles. The Hall–Kier alpha value is -2.14. The maximum atomic E-state index is 5.95. The van der Waals surface area contributed by atoms with Crippen molar-refractivity contribution in [1.29, 1.82) is 0 Å². The van der Waals surface area contributed by atoms with E-state index in [2.05, 4.69) is 25.9 Å². The number of benzene rings is 2. The summed E-state index contributed by atoms with van der Waals surface area (Å²) in [7, 11) is 0. The van der Waals surface area contributed by atoms with Crippen LogP contribution in [0.15, 0.2) is 53.3 Å². The molecule has 3 rings (SSSR count). The third-order valence-corrected chi connectivity index (χ3v) is 3.13. The molecule has 0 saturated heterocycles. The highest BCUT2D eigenvalue weighted by Gasteiger charge is 2.07. The van der Waals surface area contributed by atoms with E-state index in [1.807, 2.05) is 36.4 Å². The van der Waals surface area contributed by atoms with Gasteiger partial charge in [-0.05, 0) is 28.1 Å². The predicted octanol–water partition coefficient (Wildman–Crippen LogP) is 3.77. The lowest BCUT2D eigenvalue weighted by Crippen LogP contribution is -1.93. The van der Waals surface area contributed by atoms with Crippen LogP contribution in [0.4, 0.5) is 5.69 Å². The van der Waals surface area contributed by atoms with Crippen LogP contribution >= 0.6 is 15.9 Å². The van der Waals surface area contributed by atoms with Gasteiger partial charge in [0.15, 0.2) is 0 Å². The summed E-state index contributed by atoms with van der Waals surface area (Å²) in [6, 6.07) is 11.7. The Bertz CT molecular complexity index is 728. The van der Waals surface area contributed by atoms with Crippen molar-refractivity contribution in [3.05, 3.63) is 53.3 Å². The van der Waals surface area contributed by atoms with E-state index >= 15 is 0 Å². The fraction of sp³-hybridized carbons (Fsp3) is 0. The first-order chi connectivity index (χ1) is 9.24. The summed E-state index contributed by atoms with van der Waals surface area (Å²) in [6.07, 6.45) is 3.28. The summed E-state index contributed by atoms with van der Waals surface area (Å²) in [5.74, 6) is 0.687. The molecule has 19 heavy (non-hydrogen) atoms. The zero-order valence-electron chi connectivity index (χ0n) is 9.88. The molecule has 0 aliphatic heterocycles. The minimum atomic E-state index is 0.304. The Morgan fingerprint density at radius 3 is 2.37 bits per heavy atom. The van der Waals surface area contributed by atoms with Crippen LogP contribution in [-0.2, 0) is 0 Å². The number of hydrogen-bond acceptors (Lipinski definition) is 4. The molecule has 5 heteroatoms. The number of aromatic nitrogens is 2. The topological polar surface area (TPSA) is 61.0 Å². The smallest absolute Gasteiger partial charge is 0.321 e. The molecule has 0 bridgehead atoms. The molecule has 94 valence electrons. The molecule has 3 aromatic rings. The number of anilines is 1. The molecule has 4 nitrogen and oxygen atoms in total. The molecule has 0 atom stereocenters. The second kappa shape index (κ2) is 4.85. The van der Waals surface area contributed by atoms with E-state index in [-0.39, 0.29) is 0 Å². The number of rotatable bonds is 2. The van der Waals surface area contributed by atoms with Gasteiger partial charge in [-0.1, -0.05) is 24.3 Å². The molecular weight excluding hydrogens is 306 g/mol. The molecule has 0 amide bonds. The highest BCUT2D eigenvalue weighted by molar-refractivity contribution is 9.10. The van der Waals surface area contributed by atoms with E-state index in [4.69, 9.17) is 10.5 Å². The largest absolute Gasteiger partial charge is 0.424 e. The Kier molecular flexibility index (Phi) is 3.05. The fourth-order valence-electron chi connectivity index (χ4n) is 1.84. The molecular formula is C14H10BrN3O. The van der Waals surface area contributed by atoms with Gasteiger partial charge < -0.3 is 10.5 Å². The number of hydrogen-bond donors (Lipinski definition) is 1. The first-order valence-corrected chi connectivity index (χ1v) is 6.46. The molecule has 0 radical (unpaired) electrons. The van der Waals surface area contributed by atoms with E-state index in [1.165, 1.54) is 0 Å². The van der Waals surface area contributed by atoms with Crippen LogP contribution in [0.5, 0.6) is 11.8 Å². The third kappa shape index (κ3) is 2.37. The standard InChI is InChI=1S/C14H10BrN3O/c15-9-7-17-14(18-8-9)19-13-6-5-12(16)10-3-1-2-4-11(10)13/h1-8H,16H2. The lowest BCUT2D eigenvalue weighted by atomic mass is 10.1. The van der Waals surface area contributed by atoms with Crippen LogP contribution in [0.3, 0.4) is 0 Å². The fourth-order valence-corrected chi connectivity index (χ4v) is 2.04. The Labute approximate surface area is 118 Å². The Balaban J connectivity index is 2.06. The van der Waals surface area contributed by atoms with Gasteiger partial charge in [-0.3, -0.25) is 0 Å². The van der Waals surface area contributed by atoms with Gasteiger partial charge in [0.05, 0.1) is 4.47 Å². The number of ether oxygens (including phenoxy) is 1. The summed E-state index contributed by atoms with van der Waals surface area (Å²) < 4.78 is 6.51. The van der Waals surface area contributed by atoms with E-state index in [0.29, 0.717) is 11.8 Å². The van der Waals surface area contributed by atoms with E-state index in [0.717, 1.165) is 20.9 Å². The molecule has 1 heterocycles. The third-order valence-electron chi connectivity index (χ3n) is 2.72. The van der Waals surface area contributed by atoms with Gasteiger partial charge in [0.2, 0.25) is 0 Å². The zero-order valence-corrected chi connectivity index (χ0v) is 11.5. The van der Waals surface area contributed by atoms with Gasteiger partial charge in [0.25, 0.3) is 0 Å². The molecule has 0 aliphatic rings. The van der Waals surface area contributed by atoms with Gasteiger partial charge in [0.1, 0.15) is 5.75 Å². The first-order valence-electron chi connectivity index (χ1n) is 5.66. The lowest BCUT2D eigenvalue weighted by molar-refractivity contribution is 0.446. The quantitative estimate of drug-likeness (QED) is 0.731. The van der Waals surface area contributed by atoms with Crippen molar-refractivity contribution >= 4 is 32.4 Å². The monoisotopic (exact) mass is 315 g/mol. The highest BCUT2D eigenvalue weighted by Crippen LogP contribution is 2.31. The van der Waals surface area contributed by atoms with Gasteiger partial charge >= 0.3 is 6.01 Å². The van der Waals surface area contributed by atoms with Crippen LogP contribution < -0.4 is 10.5 Å². The second-order valence-corrected chi connectivity index (χ2v) is 4.90. The summed E-state index contributed by atoms with van der Waals surface area (Å²) in [4.78, 5) is 8.18. The molecule has 2 N–H and O–H groups in total. The van der Waals surface area contributed by atoms with Crippen LogP contribution in [-0.4, -0.2) is 9.97 Å². The van der Waals surface area contributed by atoms with E-state index < -0.39 is 0 Å². The summed E-state index contributed by atoms with van der Waals surface area (Å²) in [5.41, 5.74) is 6.67. The van der Waals surface area contributed by atoms with Crippen molar-refractivity contribution in [3.63, 3.8) is 0 Å². The predicted molar refractivity (Wildman–Crippen MR) is 78.2 cm³/mol. The minimum absolute atomic E-state index is 0.304. The molecule has 0 saturated carbocycles. The molecule has 0 aliphatic carbocycles. The van der Waals surface area contributed by atoms with Gasteiger partial charge in [0, 0.05) is 28.9 Å². The highest BCUT2D eigenvalue weighted by atomic mass is 79.9. The van der Waals surface area contributed by atoms with Gasteiger partial charge in [-0.25, -0.2) is 9.97 Å². The molecule has 1 aromatic heterocycles. The summed E-state index contributed by atoms with van der Waals surface area (Å²) in [6.45, 7) is 0. The van der Waals surface area contributed by atoms with Crippen molar-refractivity contribution in [2.24, 2.45) is 0 Å². The summed E-state index contributed by atoms with van der Waals surface area (Å²) >= 11 is 3.28. The maximum absolute atomic E-state index is 5.95. The first kappa shape index (κ1) is 11.9. The maximum Gasteiger partial charge on any atom is 0.321 e. The van der Waals surface area contributed by atoms with Crippen LogP contribution in [0.25, 0.3) is 10.8 Å². The average Bonchev–Trinajstić information content (AvgIpc) is 2.45. The van der Waals surface area contributed by atoms with Crippen molar-refractivity contribution in [1.82, 2.24) is 9.97 Å². The minimum Gasteiger partial charge on any atom is -0.424 e. The average molecular weight is 316 g/mol. The van der Waals surface area contributed by atoms with Crippen molar-refractivity contribution in [2.75, 3.05) is 5.73 Å². The van der Waals surface area contributed by atoms with Gasteiger partial charge in [-0.15, -0.1) is 0 Å². The SMILES string of the molecule is Nc1ccc(Oc2ncc(Br)cn2)c2ccccc12. The second-order valence-electron chi connectivity index (χ2n) is 3.98. The number of nitrogen functional groups attached to an aromatic ring is 1. The number of nitrogens with two attached hydrogens (primary N) is 1. The Morgan fingerprint density at radius 1 is 0.947 bits per heavy atom. The van der Waals surface area contributed by atoms with Crippen molar-refractivity contribution in [2.45, 2.75) is 0 Å².